The Labute approximate surface area is 86.8 Å². The van der Waals surface area contributed by atoms with Gasteiger partial charge in [0.2, 0.25) is 0 Å². The topological polar surface area (TPSA) is 24.5 Å². The third-order valence-electron chi connectivity index (χ3n) is 2.34. The van der Waals surface area contributed by atoms with Crippen molar-refractivity contribution in [3.8, 4) is 12.3 Å². The van der Waals surface area contributed by atoms with Gasteiger partial charge in [0, 0.05) is 26.2 Å². The number of nitrogens with one attached hydrogen (secondary N) is 1. The number of hydrogen-bond acceptors (Lipinski definition) is 3. The first-order chi connectivity index (χ1) is 6.64. The maximum absolute atomic E-state index is 5.63. The Bertz CT molecular complexity index is 208. The van der Waals surface area contributed by atoms with Gasteiger partial charge in [-0.15, -0.1) is 6.42 Å². The Morgan fingerprint density at radius 2 is 2.36 bits per heavy atom. The van der Waals surface area contributed by atoms with Crippen molar-refractivity contribution >= 4 is 0 Å². The molecule has 1 heterocycles. The van der Waals surface area contributed by atoms with E-state index in [0.717, 1.165) is 32.8 Å². The molecule has 0 spiro atoms. The van der Waals surface area contributed by atoms with Crippen LogP contribution in [-0.2, 0) is 4.74 Å². The van der Waals surface area contributed by atoms with E-state index in [-0.39, 0.29) is 5.60 Å². The summed E-state index contributed by atoms with van der Waals surface area (Å²) in [6.45, 7) is 9.80. The van der Waals surface area contributed by atoms with Crippen molar-refractivity contribution in [1.82, 2.24) is 10.2 Å². The molecule has 1 saturated heterocycles. The van der Waals surface area contributed by atoms with Gasteiger partial charge >= 0.3 is 0 Å². The molecular weight excluding hydrogens is 176 g/mol. The molecule has 1 aliphatic heterocycles. The van der Waals surface area contributed by atoms with Crippen LogP contribution in [0, 0.1) is 12.3 Å². The van der Waals surface area contributed by atoms with Crippen LogP contribution in [0.3, 0.4) is 0 Å². The van der Waals surface area contributed by atoms with Crippen LogP contribution in [0.1, 0.15) is 13.8 Å². The minimum Gasteiger partial charge on any atom is -0.373 e. The predicted molar refractivity (Wildman–Crippen MR) is 58.2 cm³/mol. The summed E-state index contributed by atoms with van der Waals surface area (Å²) < 4.78 is 5.63. The first-order valence-electron chi connectivity index (χ1n) is 5.14. The first kappa shape index (κ1) is 11.5. The lowest BCUT2D eigenvalue weighted by Gasteiger charge is -2.38. The van der Waals surface area contributed by atoms with E-state index in [9.17, 15) is 0 Å². The lowest BCUT2D eigenvalue weighted by atomic mass is 10.1. The fraction of sp³-hybridized carbons (Fsp3) is 0.818. The third kappa shape index (κ3) is 4.10. The van der Waals surface area contributed by atoms with Crippen molar-refractivity contribution in [2.45, 2.75) is 19.4 Å². The Morgan fingerprint density at radius 1 is 1.57 bits per heavy atom. The second-order valence-corrected chi connectivity index (χ2v) is 4.27. The molecule has 14 heavy (non-hydrogen) atoms. The van der Waals surface area contributed by atoms with E-state index < -0.39 is 0 Å². The zero-order valence-corrected chi connectivity index (χ0v) is 9.18. The van der Waals surface area contributed by atoms with E-state index in [2.05, 4.69) is 30.0 Å². The second kappa shape index (κ2) is 5.35. The zero-order chi connectivity index (χ0) is 10.4. The highest BCUT2D eigenvalue weighted by Crippen LogP contribution is 2.15. The highest BCUT2D eigenvalue weighted by Gasteiger charge is 2.26. The molecule has 1 fully saturated rings. The maximum atomic E-state index is 5.63. The normalized spacial score (nSPS) is 21.8. The molecule has 0 aliphatic carbocycles. The summed E-state index contributed by atoms with van der Waals surface area (Å²) >= 11 is 0. The third-order valence-corrected chi connectivity index (χ3v) is 2.34. The SMILES string of the molecule is C#CCNCCN1CCOC(C)(C)C1. The molecule has 1 N–H and O–H groups in total. The van der Waals surface area contributed by atoms with E-state index in [1.165, 1.54) is 0 Å². The molecule has 0 aromatic rings. The van der Waals surface area contributed by atoms with Crippen molar-refractivity contribution in [3.63, 3.8) is 0 Å². The number of ether oxygens (including phenoxy) is 1. The van der Waals surface area contributed by atoms with Crippen LogP contribution in [0.5, 0.6) is 0 Å². The molecule has 0 radical (unpaired) electrons. The number of rotatable bonds is 4. The molecule has 0 amide bonds. The minimum atomic E-state index is 0.00433. The zero-order valence-electron chi connectivity index (χ0n) is 9.18. The molecular formula is C11H20N2O. The molecule has 3 nitrogen and oxygen atoms in total. The van der Waals surface area contributed by atoms with Gasteiger partial charge in [-0.25, -0.2) is 0 Å². The standard InChI is InChI=1S/C11H20N2O/c1-4-5-12-6-7-13-8-9-14-11(2,3)10-13/h1,12H,5-10H2,2-3H3. The largest absolute Gasteiger partial charge is 0.373 e. The average Bonchev–Trinajstić information content (AvgIpc) is 2.11. The van der Waals surface area contributed by atoms with Gasteiger partial charge in [-0.3, -0.25) is 4.90 Å². The number of hydrogen-bond donors (Lipinski definition) is 1. The van der Waals surface area contributed by atoms with Crippen molar-refractivity contribution < 1.29 is 4.74 Å². The Balaban J connectivity index is 2.15. The minimum absolute atomic E-state index is 0.00433. The molecule has 80 valence electrons. The summed E-state index contributed by atoms with van der Waals surface area (Å²) in [6, 6.07) is 0. The van der Waals surface area contributed by atoms with Crippen molar-refractivity contribution in [2.75, 3.05) is 39.3 Å². The number of terminal acetylenes is 1. The van der Waals surface area contributed by atoms with E-state index in [1.807, 2.05) is 0 Å². The number of morpholine rings is 1. The van der Waals surface area contributed by atoms with E-state index in [1.54, 1.807) is 0 Å². The Morgan fingerprint density at radius 3 is 3.00 bits per heavy atom. The lowest BCUT2D eigenvalue weighted by molar-refractivity contribution is -0.0853. The van der Waals surface area contributed by atoms with Crippen LogP contribution >= 0.6 is 0 Å². The van der Waals surface area contributed by atoms with Crippen molar-refractivity contribution in [1.29, 1.82) is 0 Å². The van der Waals surface area contributed by atoms with E-state index in [0.29, 0.717) is 6.54 Å². The van der Waals surface area contributed by atoms with Crippen LogP contribution in [0.4, 0.5) is 0 Å². The van der Waals surface area contributed by atoms with Gasteiger partial charge in [-0.1, -0.05) is 5.92 Å². The van der Waals surface area contributed by atoms with Crippen LogP contribution < -0.4 is 5.32 Å². The molecule has 0 aromatic heterocycles. The highest BCUT2D eigenvalue weighted by atomic mass is 16.5. The van der Waals surface area contributed by atoms with Crippen molar-refractivity contribution in [2.24, 2.45) is 0 Å². The quantitative estimate of drug-likeness (QED) is 0.518. The Hall–Kier alpha value is -0.560. The smallest absolute Gasteiger partial charge is 0.0753 e. The summed E-state index contributed by atoms with van der Waals surface area (Å²) in [5.41, 5.74) is 0.00433. The second-order valence-electron chi connectivity index (χ2n) is 4.27. The molecule has 1 aliphatic rings. The van der Waals surface area contributed by atoms with Gasteiger partial charge in [0.25, 0.3) is 0 Å². The first-order valence-corrected chi connectivity index (χ1v) is 5.14. The fourth-order valence-electron chi connectivity index (χ4n) is 1.70. The van der Waals surface area contributed by atoms with Gasteiger partial charge in [-0.05, 0) is 13.8 Å². The van der Waals surface area contributed by atoms with Gasteiger partial charge < -0.3 is 10.1 Å². The molecule has 0 atom stereocenters. The maximum Gasteiger partial charge on any atom is 0.0753 e. The average molecular weight is 196 g/mol. The van der Waals surface area contributed by atoms with Crippen LogP contribution in [-0.4, -0.2) is 49.8 Å². The molecule has 0 unspecified atom stereocenters. The van der Waals surface area contributed by atoms with Crippen molar-refractivity contribution in [3.05, 3.63) is 0 Å². The van der Waals surface area contributed by atoms with Gasteiger partial charge in [0.1, 0.15) is 0 Å². The van der Waals surface area contributed by atoms with E-state index >= 15 is 0 Å². The monoisotopic (exact) mass is 196 g/mol. The van der Waals surface area contributed by atoms with Gasteiger partial charge in [0.05, 0.1) is 18.8 Å². The van der Waals surface area contributed by atoms with Crippen LogP contribution in [0.25, 0.3) is 0 Å². The summed E-state index contributed by atoms with van der Waals surface area (Å²) in [5, 5.41) is 3.19. The number of nitrogens with zero attached hydrogens (tertiary/aromatic N) is 1. The Kier molecular flexibility index (Phi) is 4.40. The lowest BCUT2D eigenvalue weighted by Crippen LogP contribution is -2.49. The molecule has 0 bridgehead atoms. The highest BCUT2D eigenvalue weighted by molar-refractivity contribution is 4.86. The molecule has 1 rings (SSSR count). The summed E-state index contributed by atoms with van der Waals surface area (Å²) in [4.78, 5) is 2.41. The van der Waals surface area contributed by atoms with Gasteiger partial charge in [-0.2, -0.15) is 0 Å². The van der Waals surface area contributed by atoms with E-state index in [4.69, 9.17) is 11.2 Å². The summed E-state index contributed by atoms with van der Waals surface area (Å²) in [6.07, 6.45) is 5.14. The fourth-order valence-corrected chi connectivity index (χ4v) is 1.70. The summed E-state index contributed by atoms with van der Waals surface area (Å²) in [5.74, 6) is 2.57. The molecule has 0 saturated carbocycles. The summed E-state index contributed by atoms with van der Waals surface area (Å²) in [7, 11) is 0. The molecule has 3 heteroatoms. The van der Waals surface area contributed by atoms with Gasteiger partial charge in [0.15, 0.2) is 0 Å². The molecule has 0 aromatic carbocycles. The predicted octanol–water partition coefficient (Wildman–Crippen LogP) is 0.320. The van der Waals surface area contributed by atoms with Crippen LogP contribution in [0.15, 0.2) is 0 Å². The van der Waals surface area contributed by atoms with Crippen LogP contribution in [0.2, 0.25) is 0 Å².